The van der Waals surface area contributed by atoms with Crippen molar-refractivity contribution in [2.24, 2.45) is 0 Å². The summed E-state index contributed by atoms with van der Waals surface area (Å²) in [6, 6.07) is 11.7. The Morgan fingerprint density at radius 1 is 1.00 bits per heavy atom. The van der Waals surface area contributed by atoms with E-state index in [0.29, 0.717) is 17.2 Å². The van der Waals surface area contributed by atoms with E-state index in [1.807, 2.05) is 0 Å². The van der Waals surface area contributed by atoms with Gasteiger partial charge in [0, 0.05) is 6.07 Å². The minimum atomic E-state index is 0.114. The highest BCUT2D eigenvalue weighted by molar-refractivity contribution is 5.56. The number of rotatable bonds is 3. The zero-order valence-electron chi connectivity index (χ0n) is 9.38. The molecule has 17 heavy (non-hydrogen) atoms. The SMILES string of the molecule is COc1ccc(Oc2cc(O)ccc2N)cc1. The van der Waals surface area contributed by atoms with E-state index in [4.69, 9.17) is 15.2 Å². The Balaban J connectivity index is 2.22. The molecule has 3 N–H and O–H groups in total. The van der Waals surface area contributed by atoms with Gasteiger partial charge in [0.25, 0.3) is 0 Å². The van der Waals surface area contributed by atoms with Gasteiger partial charge in [0.05, 0.1) is 12.8 Å². The maximum absolute atomic E-state index is 9.34. The second-order valence-corrected chi connectivity index (χ2v) is 3.50. The van der Waals surface area contributed by atoms with Crippen molar-refractivity contribution >= 4 is 5.69 Å². The predicted molar refractivity (Wildman–Crippen MR) is 65.6 cm³/mol. The average molecular weight is 231 g/mol. The van der Waals surface area contributed by atoms with Crippen LogP contribution >= 0.6 is 0 Å². The first-order valence-electron chi connectivity index (χ1n) is 5.09. The Hall–Kier alpha value is -2.36. The predicted octanol–water partition coefficient (Wildman–Crippen LogP) is 2.78. The molecule has 0 aliphatic carbocycles. The van der Waals surface area contributed by atoms with Crippen molar-refractivity contribution in [3.63, 3.8) is 0 Å². The normalized spacial score (nSPS) is 9.94. The number of phenols is 1. The summed E-state index contributed by atoms with van der Waals surface area (Å²) in [7, 11) is 1.60. The smallest absolute Gasteiger partial charge is 0.153 e. The Morgan fingerprint density at radius 3 is 2.29 bits per heavy atom. The van der Waals surface area contributed by atoms with Crippen molar-refractivity contribution in [3.05, 3.63) is 42.5 Å². The van der Waals surface area contributed by atoms with Crippen LogP contribution in [0.2, 0.25) is 0 Å². The number of aromatic hydroxyl groups is 1. The highest BCUT2D eigenvalue weighted by Gasteiger charge is 2.03. The van der Waals surface area contributed by atoms with Crippen LogP contribution in [0.3, 0.4) is 0 Å². The van der Waals surface area contributed by atoms with Crippen LogP contribution in [-0.2, 0) is 0 Å². The fourth-order valence-electron chi connectivity index (χ4n) is 1.38. The van der Waals surface area contributed by atoms with E-state index >= 15 is 0 Å². The van der Waals surface area contributed by atoms with Gasteiger partial charge in [-0.25, -0.2) is 0 Å². The molecule has 0 saturated carbocycles. The minimum absolute atomic E-state index is 0.114. The standard InChI is InChI=1S/C13H13NO3/c1-16-10-3-5-11(6-4-10)17-13-8-9(15)2-7-12(13)14/h2-8,15H,14H2,1H3. The molecule has 0 aliphatic rings. The summed E-state index contributed by atoms with van der Waals surface area (Å²) in [6.07, 6.45) is 0. The summed E-state index contributed by atoms with van der Waals surface area (Å²) in [5.74, 6) is 1.92. The fourth-order valence-corrected chi connectivity index (χ4v) is 1.38. The molecule has 0 saturated heterocycles. The first kappa shape index (κ1) is 11.1. The van der Waals surface area contributed by atoms with Gasteiger partial charge in [0.1, 0.15) is 17.2 Å². The third-order valence-electron chi connectivity index (χ3n) is 2.28. The lowest BCUT2D eigenvalue weighted by Crippen LogP contribution is -1.91. The zero-order chi connectivity index (χ0) is 12.3. The first-order chi connectivity index (χ1) is 8.19. The third kappa shape index (κ3) is 2.60. The Kier molecular flexibility index (Phi) is 3.05. The summed E-state index contributed by atoms with van der Waals surface area (Å²) in [4.78, 5) is 0. The maximum Gasteiger partial charge on any atom is 0.153 e. The molecule has 0 atom stereocenters. The number of hydrogen-bond acceptors (Lipinski definition) is 4. The van der Waals surface area contributed by atoms with E-state index in [1.165, 1.54) is 12.1 Å². The van der Waals surface area contributed by atoms with E-state index in [9.17, 15) is 5.11 Å². The van der Waals surface area contributed by atoms with Crippen molar-refractivity contribution in [1.82, 2.24) is 0 Å². The number of nitrogens with two attached hydrogens (primary N) is 1. The molecule has 0 radical (unpaired) electrons. The monoisotopic (exact) mass is 231 g/mol. The molecule has 4 heteroatoms. The van der Waals surface area contributed by atoms with Crippen LogP contribution in [0.25, 0.3) is 0 Å². The van der Waals surface area contributed by atoms with E-state index in [2.05, 4.69) is 0 Å². The molecule has 0 unspecified atom stereocenters. The van der Waals surface area contributed by atoms with E-state index in [1.54, 1.807) is 37.4 Å². The van der Waals surface area contributed by atoms with Gasteiger partial charge in [-0.15, -0.1) is 0 Å². The number of phenolic OH excluding ortho intramolecular Hbond substituents is 1. The van der Waals surface area contributed by atoms with Crippen LogP contribution < -0.4 is 15.2 Å². The lowest BCUT2D eigenvalue weighted by atomic mass is 10.2. The molecule has 2 rings (SSSR count). The van der Waals surface area contributed by atoms with Crippen LogP contribution in [0, 0.1) is 0 Å². The topological polar surface area (TPSA) is 64.7 Å². The fraction of sp³-hybridized carbons (Fsp3) is 0.0769. The number of ether oxygens (including phenoxy) is 2. The van der Waals surface area contributed by atoms with Crippen LogP contribution in [0.15, 0.2) is 42.5 Å². The summed E-state index contributed by atoms with van der Waals surface area (Å²) < 4.78 is 10.6. The van der Waals surface area contributed by atoms with Gasteiger partial charge in [-0.1, -0.05) is 0 Å². The van der Waals surface area contributed by atoms with Gasteiger partial charge >= 0.3 is 0 Å². The molecule has 0 aliphatic heterocycles. The van der Waals surface area contributed by atoms with E-state index in [-0.39, 0.29) is 5.75 Å². The zero-order valence-corrected chi connectivity index (χ0v) is 9.38. The van der Waals surface area contributed by atoms with E-state index in [0.717, 1.165) is 5.75 Å². The van der Waals surface area contributed by atoms with Gasteiger partial charge in [-0.3, -0.25) is 0 Å². The Labute approximate surface area is 99.2 Å². The average Bonchev–Trinajstić information content (AvgIpc) is 2.35. The first-order valence-corrected chi connectivity index (χ1v) is 5.09. The molecule has 2 aromatic rings. The maximum atomic E-state index is 9.34. The van der Waals surface area contributed by atoms with Crippen molar-refractivity contribution in [2.45, 2.75) is 0 Å². The Morgan fingerprint density at radius 2 is 1.65 bits per heavy atom. The highest BCUT2D eigenvalue weighted by atomic mass is 16.5. The molecule has 4 nitrogen and oxygen atoms in total. The van der Waals surface area contributed by atoms with Crippen molar-refractivity contribution in [1.29, 1.82) is 0 Å². The molecule has 0 fully saturated rings. The minimum Gasteiger partial charge on any atom is -0.508 e. The van der Waals surface area contributed by atoms with Gasteiger partial charge in [0.15, 0.2) is 5.75 Å². The molecular weight excluding hydrogens is 218 g/mol. The molecule has 0 heterocycles. The summed E-state index contributed by atoms with van der Waals surface area (Å²) in [5.41, 5.74) is 6.20. The quantitative estimate of drug-likeness (QED) is 0.629. The number of methoxy groups -OCH3 is 1. The highest BCUT2D eigenvalue weighted by Crippen LogP contribution is 2.31. The molecule has 0 aromatic heterocycles. The molecule has 0 spiro atoms. The number of nitrogen functional groups attached to an aromatic ring is 1. The van der Waals surface area contributed by atoms with E-state index < -0.39 is 0 Å². The van der Waals surface area contributed by atoms with Crippen LogP contribution in [0.1, 0.15) is 0 Å². The largest absolute Gasteiger partial charge is 0.508 e. The van der Waals surface area contributed by atoms with Crippen molar-refractivity contribution < 1.29 is 14.6 Å². The van der Waals surface area contributed by atoms with Gasteiger partial charge in [-0.05, 0) is 36.4 Å². The summed E-state index contributed by atoms with van der Waals surface area (Å²) >= 11 is 0. The molecular formula is C13H13NO3. The number of anilines is 1. The van der Waals surface area contributed by atoms with Crippen molar-refractivity contribution in [2.75, 3.05) is 12.8 Å². The van der Waals surface area contributed by atoms with Crippen LogP contribution in [-0.4, -0.2) is 12.2 Å². The second kappa shape index (κ2) is 4.65. The molecule has 0 amide bonds. The van der Waals surface area contributed by atoms with Crippen LogP contribution in [0.4, 0.5) is 5.69 Å². The van der Waals surface area contributed by atoms with Gasteiger partial charge in [0.2, 0.25) is 0 Å². The molecule has 2 aromatic carbocycles. The summed E-state index contributed by atoms with van der Waals surface area (Å²) in [6.45, 7) is 0. The third-order valence-corrected chi connectivity index (χ3v) is 2.28. The lowest BCUT2D eigenvalue weighted by molar-refractivity contribution is 0.412. The second-order valence-electron chi connectivity index (χ2n) is 3.50. The Bertz CT molecular complexity index is 509. The number of hydrogen-bond donors (Lipinski definition) is 2. The van der Waals surface area contributed by atoms with Gasteiger partial charge < -0.3 is 20.3 Å². The summed E-state index contributed by atoms with van der Waals surface area (Å²) in [5, 5.41) is 9.34. The lowest BCUT2D eigenvalue weighted by Gasteiger charge is -2.09. The van der Waals surface area contributed by atoms with Crippen LogP contribution in [0.5, 0.6) is 23.0 Å². The van der Waals surface area contributed by atoms with Crippen molar-refractivity contribution in [3.8, 4) is 23.0 Å². The molecule has 88 valence electrons. The molecule has 0 bridgehead atoms. The number of benzene rings is 2. The van der Waals surface area contributed by atoms with Gasteiger partial charge in [-0.2, -0.15) is 0 Å².